The van der Waals surface area contributed by atoms with E-state index in [1.807, 2.05) is 60.4 Å². The molecule has 0 aliphatic carbocycles. The van der Waals surface area contributed by atoms with Gasteiger partial charge in [-0.25, -0.2) is 0 Å². The van der Waals surface area contributed by atoms with Gasteiger partial charge in [0.15, 0.2) is 0 Å². The van der Waals surface area contributed by atoms with Gasteiger partial charge in [0.2, 0.25) is 0 Å². The lowest BCUT2D eigenvalue weighted by molar-refractivity contribution is 0.0495. The van der Waals surface area contributed by atoms with Gasteiger partial charge in [-0.3, -0.25) is 9.89 Å². The summed E-state index contributed by atoms with van der Waals surface area (Å²) < 4.78 is 11.6. The van der Waals surface area contributed by atoms with Crippen molar-refractivity contribution < 1.29 is 14.3 Å². The van der Waals surface area contributed by atoms with Gasteiger partial charge in [0.1, 0.15) is 11.4 Å². The molecule has 2 aliphatic rings. The number of aromatic amines is 1. The fourth-order valence-corrected chi connectivity index (χ4v) is 4.50. The molecule has 2 atom stereocenters. The number of fused-ring (bicyclic) bond motifs is 1. The molecular weight excluding hydrogens is 378 g/mol. The maximum atomic E-state index is 13.4. The molecule has 0 spiro atoms. The lowest BCUT2D eigenvalue weighted by Crippen LogP contribution is -2.36. The zero-order valence-electron chi connectivity index (χ0n) is 17.0. The number of aromatic nitrogens is 2. The van der Waals surface area contributed by atoms with E-state index in [2.05, 4.69) is 16.3 Å². The molecule has 1 N–H and O–H groups in total. The third-order valence-electron chi connectivity index (χ3n) is 5.82. The molecule has 6 nitrogen and oxygen atoms in total. The monoisotopic (exact) mass is 403 g/mol. The summed E-state index contributed by atoms with van der Waals surface area (Å²) >= 11 is 0. The largest absolute Gasteiger partial charge is 0.494 e. The number of hydrogen-bond acceptors (Lipinski definition) is 4. The van der Waals surface area contributed by atoms with Crippen LogP contribution in [0.15, 0.2) is 54.6 Å². The first-order valence-corrected chi connectivity index (χ1v) is 10.5. The third kappa shape index (κ3) is 3.27. The van der Waals surface area contributed by atoms with Crippen LogP contribution in [0.25, 0.3) is 11.3 Å². The summed E-state index contributed by atoms with van der Waals surface area (Å²) in [6, 6.07) is 17.8. The van der Waals surface area contributed by atoms with Gasteiger partial charge in [0.25, 0.3) is 5.91 Å². The maximum absolute atomic E-state index is 13.4. The van der Waals surface area contributed by atoms with Crippen LogP contribution in [-0.2, 0) is 4.74 Å². The number of H-pyrrole nitrogens is 1. The zero-order valence-corrected chi connectivity index (χ0v) is 17.0. The molecule has 30 heavy (non-hydrogen) atoms. The van der Waals surface area contributed by atoms with Gasteiger partial charge in [0, 0.05) is 24.3 Å². The molecule has 2 aromatic carbocycles. The second kappa shape index (κ2) is 7.95. The topological polar surface area (TPSA) is 67.5 Å². The zero-order chi connectivity index (χ0) is 20.5. The van der Waals surface area contributed by atoms with Crippen molar-refractivity contribution in [2.45, 2.75) is 31.9 Å². The van der Waals surface area contributed by atoms with Crippen LogP contribution in [0.5, 0.6) is 5.75 Å². The van der Waals surface area contributed by atoms with Crippen LogP contribution in [-0.4, -0.2) is 46.9 Å². The molecule has 0 saturated carbocycles. The number of carbonyl (C=O) groups excluding carboxylic acids is 1. The number of hydrogen-bond donors (Lipinski definition) is 1. The van der Waals surface area contributed by atoms with E-state index in [4.69, 9.17) is 9.47 Å². The van der Waals surface area contributed by atoms with Gasteiger partial charge in [-0.15, -0.1) is 0 Å². The molecule has 1 amide bonds. The van der Waals surface area contributed by atoms with E-state index in [1.54, 1.807) is 0 Å². The van der Waals surface area contributed by atoms with Gasteiger partial charge in [0.05, 0.1) is 24.4 Å². The molecule has 0 radical (unpaired) electrons. The molecule has 5 rings (SSSR count). The van der Waals surface area contributed by atoms with Gasteiger partial charge < -0.3 is 14.4 Å². The van der Waals surface area contributed by atoms with Crippen molar-refractivity contribution in [3.8, 4) is 17.0 Å². The Morgan fingerprint density at radius 1 is 1.20 bits per heavy atom. The van der Waals surface area contributed by atoms with Crippen LogP contribution in [0, 0.1) is 0 Å². The Kier molecular flexibility index (Phi) is 5.01. The minimum atomic E-state index is -0.230. The van der Waals surface area contributed by atoms with Crippen molar-refractivity contribution in [2.75, 3.05) is 19.8 Å². The molecule has 1 fully saturated rings. The molecule has 2 aliphatic heterocycles. The number of nitrogens with zero attached hydrogens (tertiary/aromatic N) is 2. The highest BCUT2D eigenvalue weighted by molar-refractivity contribution is 6.00. The molecule has 3 heterocycles. The predicted octanol–water partition coefficient (Wildman–Crippen LogP) is 4.20. The standard InChI is InChI=1S/C24H25N3O3/c1-2-29-18-11-6-10-17(14-18)23-20-21(16-8-4-3-5-9-16)25-26-22(20)24(28)27(23)15-19-12-7-13-30-19/h3-6,8-11,14,19,23H,2,7,12-13,15H2,1H3,(H,25,26). The van der Waals surface area contributed by atoms with Crippen LogP contribution >= 0.6 is 0 Å². The van der Waals surface area contributed by atoms with Gasteiger partial charge in [-0.2, -0.15) is 5.10 Å². The molecule has 1 aromatic heterocycles. The van der Waals surface area contributed by atoms with E-state index in [0.29, 0.717) is 18.8 Å². The maximum Gasteiger partial charge on any atom is 0.273 e. The highest BCUT2D eigenvalue weighted by Gasteiger charge is 2.43. The number of benzene rings is 2. The minimum Gasteiger partial charge on any atom is -0.494 e. The van der Waals surface area contributed by atoms with E-state index < -0.39 is 0 Å². The van der Waals surface area contributed by atoms with Crippen molar-refractivity contribution in [3.63, 3.8) is 0 Å². The molecular formula is C24H25N3O3. The molecule has 1 saturated heterocycles. The third-order valence-corrected chi connectivity index (χ3v) is 5.82. The minimum absolute atomic E-state index is 0.0259. The van der Waals surface area contributed by atoms with Crippen molar-refractivity contribution >= 4 is 5.91 Å². The normalized spacial score (nSPS) is 20.6. The van der Waals surface area contributed by atoms with Crippen LogP contribution in [0.4, 0.5) is 0 Å². The average molecular weight is 403 g/mol. The summed E-state index contributed by atoms with van der Waals surface area (Å²) in [4.78, 5) is 15.3. The fourth-order valence-electron chi connectivity index (χ4n) is 4.50. The number of carbonyl (C=O) groups is 1. The molecule has 2 unspecified atom stereocenters. The van der Waals surface area contributed by atoms with E-state index in [0.717, 1.165) is 47.6 Å². The molecule has 3 aromatic rings. The van der Waals surface area contributed by atoms with E-state index in [-0.39, 0.29) is 18.1 Å². The number of amides is 1. The van der Waals surface area contributed by atoms with E-state index in [1.165, 1.54) is 0 Å². The van der Waals surface area contributed by atoms with Crippen LogP contribution < -0.4 is 4.74 Å². The highest BCUT2D eigenvalue weighted by Crippen LogP contribution is 2.43. The Bertz CT molecular complexity index is 1040. The average Bonchev–Trinajstić information content (AvgIpc) is 3.49. The second-order valence-corrected chi connectivity index (χ2v) is 7.73. The Balaban J connectivity index is 1.61. The second-order valence-electron chi connectivity index (χ2n) is 7.73. The molecule has 6 heteroatoms. The molecule has 154 valence electrons. The van der Waals surface area contributed by atoms with E-state index >= 15 is 0 Å². The van der Waals surface area contributed by atoms with Crippen LogP contribution in [0.1, 0.15) is 47.4 Å². The van der Waals surface area contributed by atoms with Crippen molar-refractivity contribution in [3.05, 3.63) is 71.4 Å². The lowest BCUT2D eigenvalue weighted by atomic mass is 9.95. The number of nitrogens with one attached hydrogen (secondary N) is 1. The summed E-state index contributed by atoms with van der Waals surface area (Å²) in [5, 5.41) is 7.54. The first kappa shape index (κ1) is 18.9. The smallest absolute Gasteiger partial charge is 0.273 e. The van der Waals surface area contributed by atoms with Crippen molar-refractivity contribution in [2.24, 2.45) is 0 Å². The van der Waals surface area contributed by atoms with Gasteiger partial charge >= 0.3 is 0 Å². The first-order valence-electron chi connectivity index (χ1n) is 10.5. The van der Waals surface area contributed by atoms with Gasteiger partial charge in [-0.05, 0) is 37.5 Å². The number of rotatable bonds is 6. The Labute approximate surface area is 175 Å². The number of ether oxygens (including phenoxy) is 2. The van der Waals surface area contributed by atoms with Crippen molar-refractivity contribution in [1.82, 2.24) is 15.1 Å². The Hall–Kier alpha value is -3.12. The quantitative estimate of drug-likeness (QED) is 0.670. The Morgan fingerprint density at radius 2 is 2.07 bits per heavy atom. The van der Waals surface area contributed by atoms with Crippen LogP contribution in [0.3, 0.4) is 0 Å². The summed E-state index contributed by atoms with van der Waals surface area (Å²) in [6.45, 7) is 3.90. The van der Waals surface area contributed by atoms with Gasteiger partial charge in [-0.1, -0.05) is 42.5 Å². The first-order chi connectivity index (χ1) is 14.8. The van der Waals surface area contributed by atoms with Crippen molar-refractivity contribution in [1.29, 1.82) is 0 Å². The summed E-state index contributed by atoms with van der Waals surface area (Å²) in [6.07, 6.45) is 2.09. The highest BCUT2D eigenvalue weighted by atomic mass is 16.5. The summed E-state index contributed by atoms with van der Waals surface area (Å²) in [5.41, 5.74) is 4.33. The Morgan fingerprint density at radius 3 is 2.83 bits per heavy atom. The van der Waals surface area contributed by atoms with Crippen LogP contribution in [0.2, 0.25) is 0 Å². The lowest BCUT2D eigenvalue weighted by Gasteiger charge is -2.28. The van der Waals surface area contributed by atoms with E-state index in [9.17, 15) is 4.79 Å². The SMILES string of the molecule is CCOc1cccc(C2c3c(-c4ccccc4)n[nH]c3C(=O)N2CC2CCCO2)c1. The molecule has 0 bridgehead atoms. The fraction of sp³-hybridized carbons (Fsp3) is 0.333. The predicted molar refractivity (Wildman–Crippen MR) is 113 cm³/mol. The summed E-state index contributed by atoms with van der Waals surface area (Å²) in [5.74, 6) is 0.778. The summed E-state index contributed by atoms with van der Waals surface area (Å²) in [7, 11) is 0.